The molecule has 0 radical (unpaired) electrons. The molecule has 3 aliphatic rings. The summed E-state index contributed by atoms with van der Waals surface area (Å²) in [6, 6.07) is 7.35. The predicted octanol–water partition coefficient (Wildman–Crippen LogP) is 3.87. The third-order valence-electron chi connectivity index (χ3n) is 6.21. The van der Waals surface area contributed by atoms with Crippen LogP contribution in [-0.4, -0.2) is 36.0 Å². The van der Waals surface area contributed by atoms with Gasteiger partial charge in [0.05, 0.1) is 0 Å². The van der Waals surface area contributed by atoms with Gasteiger partial charge in [-0.2, -0.15) is 0 Å². The Morgan fingerprint density at radius 3 is 2.62 bits per heavy atom. The van der Waals surface area contributed by atoms with E-state index >= 15 is 0 Å². The Morgan fingerprint density at radius 2 is 1.92 bits per heavy atom. The van der Waals surface area contributed by atoms with Crippen molar-refractivity contribution in [3.63, 3.8) is 0 Å². The minimum atomic E-state index is 0.186. The van der Waals surface area contributed by atoms with Gasteiger partial charge in [-0.3, -0.25) is 9.69 Å². The van der Waals surface area contributed by atoms with Crippen LogP contribution in [-0.2, 0) is 6.42 Å². The molecule has 1 aliphatic heterocycles. The third kappa shape index (κ3) is 3.11. The molecule has 130 valence electrons. The first-order valence-electron chi connectivity index (χ1n) is 9.94. The van der Waals surface area contributed by atoms with E-state index in [1.54, 1.807) is 0 Å². The Balaban J connectivity index is 1.53. The largest absolute Gasteiger partial charge is 0.348 e. The van der Waals surface area contributed by atoms with Crippen LogP contribution in [0.25, 0.3) is 0 Å². The van der Waals surface area contributed by atoms with E-state index in [0.717, 1.165) is 18.4 Å². The van der Waals surface area contributed by atoms with Gasteiger partial charge in [-0.25, -0.2) is 0 Å². The number of hydrogen-bond acceptors (Lipinski definition) is 2. The highest BCUT2D eigenvalue weighted by molar-refractivity contribution is 5.97. The van der Waals surface area contributed by atoms with Crippen molar-refractivity contribution in [1.82, 2.24) is 10.2 Å². The Bertz CT molecular complexity index is 602. The van der Waals surface area contributed by atoms with Crippen LogP contribution in [0.5, 0.6) is 0 Å². The molecule has 3 nitrogen and oxygen atoms in total. The van der Waals surface area contributed by atoms with Crippen molar-refractivity contribution in [3.8, 4) is 0 Å². The van der Waals surface area contributed by atoms with E-state index in [9.17, 15) is 4.79 Å². The number of rotatable bonds is 5. The van der Waals surface area contributed by atoms with Crippen molar-refractivity contribution < 1.29 is 4.79 Å². The lowest BCUT2D eigenvalue weighted by atomic mass is 9.95. The number of aryl methyl sites for hydroxylation is 1. The van der Waals surface area contributed by atoms with E-state index in [-0.39, 0.29) is 5.91 Å². The lowest BCUT2D eigenvalue weighted by molar-refractivity contribution is 0.0910. The summed E-state index contributed by atoms with van der Waals surface area (Å²) in [6.45, 7) is 4.59. The number of carbonyl (C=O) groups excluding carboxylic acids is 1. The van der Waals surface area contributed by atoms with Crippen LogP contribution < -0.4 is 5.32 Å². The highest BCUT2D eigenvalue weighted by Gasteiger charge is 2.36. The van der Waals surface area contributed by atoms with Crippen LogP contribution in [0.3, 0.4) is 0 Å². The molecule has 0 bridgehead atoms. The molecular formula is C21H30N2O. The van der Waals surface area contributed by atoms with Crippen LogP contribution in [0, 0.1) is 0 Å². The summed E-state index contributed by atoms with van der Waals surface area (Å²) in [6.07, 6.45) is 9.69. The Morgan fingerprint density at radius 1 is 1.12 bits per heavy atom. The molecule has 1 N–H and O–H groups in total. The Kier molecular flexibility index (Phi) is 4.62. The normalized spacial score (nSPS) is 27.5. The Labute approximate surface area is 145 Å². The van der Waals surface area contributed by atoms with Gasteiger partial charge in [0.25, 0.3) is 5.91 Å². The minimum absolute atomic E-state index is 0.186. The van der Waals surface area contributed by atoms with Gasteiger partial charge in [-0.15, -0.1) is 0 Å². The molecule has 2 aliphatic carbocycles. The van der Waals surface area contributed by atoms with Gasteiger partial charge < -0.3 is 5.32 Å². The third-order valence-corrected chi connectivity index (χ3v) is 6.21. The average Bonchev–Trinajstić information content (AvgIpc) is 3.11. The van der Waals surface area contributed by atoms with Crippen molar-refractivity contribution in [1.29, 1.82) is 0 Å². The fourth-order valence-corrected chi connectivity index (χ4v) is 4.79. The first-order valence-corrected chi connectivity index (χ1v) is 9.94. The lowest BCUT2D eigenvalue weighted by Crippen LogP contribution is -2.48. The molecule has 1 heterocycles. The van der Waals surface area contributed by atoms with Gasteiger partial charge >= 0.3 is 0 Å². The molecule has 3 fully saturated rings. The van der Waals surface area contributed by atoms with Crippen molar-refractivity contribution in [2.45, 2.75) is 76.3 Å². The number of benzene rings is 1. The quantitative estimate of drug-likeness (QED) is 0.891. The molecule has 0 aromatic heterocycles. The van der Waals surface area contributed by atoms with Crippen LogP contribution in [0.1, 0.15) is 79.3 Å². The molecule has 2 saturated carbocycles. The number of amides is 1. The second-order valence-electron chi connectivity index (χ2n) is 7.83. The number of carbonyl (C=O) groups is 1. The summed E-state index contributed by atoms with van der Waals surface area (Å²) in [5.74, 6) is 0.806. The average molecular weight is 326 g/mol. The zero-order valence-electron chi connectivity index (χ0n) is 14.9. The summed E-state index contributed by atoms with van der Waals surface area (Å²) < 4.78 is 0. The highest BCUT2D eigenvalue weighted by atomic mass is 16.1. The van der Waals surface area contributed by atoms with Gasteiger partial charge in [-0.05, 0) is 81.5 Å². The molecule has 1 amide bonds. The summed E-state index contributed by atoms with van der Waals surface area (Å²) in [5.41, 5.74) is 3.50. The van der Waals surface area contributed by atoms with E-state index < -0.39 is 0 Å². The first kappa shape index (κ1) is 16.1. The van der Waals surface area contributed by atoms with Gasteiger partial charge in [-0.1, -0.05) is 25.1 Å². The van der Waals surface area contributed by atoms with Gasteiger partial charge in [0.1, 0.15) is 0 Å². The molecule has 1 aromatic rings. The van der Waals surface area contributed by atoms with Gasteiger partial charge in [0, 0.05) is 17.6 Å². The van der Waals surface area contributed by atoms with Crippen molar-refractivity contribution in [3.05, 3.63) is 34.9 Å². The molecule has 3 heteroatoms. The van der Waals surface area contributed by atoms with Crippen molar-refractivity contribution in [2.24, 2.45) is 0 Å². The smallest absolute Gasteiger partial charge is 0.252 e. The summed E-state index contributed by atoms with van der Waals surface area (Å²) in [5, 5.41) is 3.44. The summed E-state index contributed by atoms with van der Waals surface area (Å²) >= 11 is 0. The fourth-order valence-electron chi connectivity index (χ4n) is 4.79. The maximum absolute atomic E-state index is 13.2. The zero-order chi connectivity index (χ0) is 16.5. The molecular weight excluding hydrogens is 296 g/mol. The zero-order valence-corrected chi connectivity index (χ0v) is 14.9. The monoisotopic (exact) mass is 326 g/mol. The molecule has 2 atom stereocenters. The topological polar surface area (TPSA) is 32.3 Å². The van der Waals surface area contributed by atoms with E-state index in [2.05, 4.69) is 35.3 Å². The number of likely N-dealkylation sites (tertiary alicyclic amines) is 1. The maximum Gasteiger partial charge on any atom is 0.252 e. The van der Waals surface area contributed by atoms with Crippen molar-refractivity contribution in [2.75, 3.05) is 13.1 Å². The fraction of sp³-hybridized carbons (Fsp3) is 0.667. The van der Waals surface area contributed by atoms with Gasteiger partial charge in [0.2, 0.25) is 0 Å². The van der Waals surface area contributed by atoms with Crippen LogP contribution in [0.2, 0.25) is 0 Å². The van der Waals surface area contributed by atoms with E-state index in [4.69, 9.17) is 0 Å². The maximum atomic E-state index is 13.2. The second-order valence-corrected chi connectivity index (χ2v) is 7.83. The van der Waals surface area contributed by atoms with E-state index in [1.165, 1.54) is 62.7 Å². The van der Waals surface area contributed by atoms with Crippen LogP contribution in [0.15, 0.2) is 18.2 Å². The number of nitrogens with one attached hydrogen (secondary N) is 1. The highest BCUT2D eigenvalue weighted by Crippen LogP contribution is 2.42. The molecule has 1 aromatic carbocycles. The summed E-state index contributed by atoms with van der Waals surface area (Å²) in [7, 11) is 0. The number of nitrogens with zero attached hydrogens (tertiary/aromatic N) is 1. The molecule has 0 unspecified atom stereocenters. The lowest BCUT2D eigenvalue weighted by Gasteiger charge is -2.30. The van der Waals surface area contributed by atoms with Crippen LogP contribution >= 0.6 is 0 Å². The predicted molar refractivity (Wildman–Crippen MR) is 97.5 cm³/mol. The van der Waals surface area contributed by atoms with Crippen LogP contribution in [0.4, 0.5) is 0 Å². The molecule has 0 spiro atoms. The first-order chi connectivity index (χ1) is 11.8. The molecule has 24 heavy (non-hydrogen) atoms. The molecule has 1 saturated heterocycles. The van der Waals surface area contributed by atoms with E-state index in [0.29, 0.717) is 18.0 Å². The summed E-state index contributed by atoms with van der Waals surface area (Å²) in [4.78, 5) is 15.8. The standard InChI is InChI=1S/C21H30N2O/c1-2-15-7-5-8-17(16-11-12-16)20(15)21(24)22-18-9-6-10-19(18)23-13-3-4-14-23/h5,7-8,16,18-19H,2-4,6,9-14H2,1H3,(H,22,24)/t18-,19+/m0/s1. The minimum Gasteiger partial charge on any atom is -0.348 e. The van der Waals surface area contributed by atoms with E-state index in [1.807, 2.05) is 0 Å². The van der Waals surface area contributed by atoms with Crippen molar-refractivity contribution >= 4 is 5.91 Å². The van der Waals surface area contributed by atoms with Gasteiger partial charge in [0.15, 0.2) is 0 Å². The SMILES string of the molecule is CCc1cccc(C2CC2)c1C(=O)N[C@H]1CCC[C@H]1N1CCCC1. The molecule has 4 rings (SSSR count). The Hall–Kier alpha value is -1.35. The number of hydrogen-bond donors (Lipinski definition) is 1. The second kappa shape index (κ2) is 6.87.